The van der Waals surface area contributed by atoms with E-state index >= 15 is 0 Å². The molecule has 0 bridgehead atoms. The van der Waals surface area contributed by atoms with Gasteiger partial charge in [-0.3, -0.25) is 14.4 Å². The van der Waals surface area contributed by atoms with Crippen LogP contribution in [0.25, 0.3) is 0 Å². The first kappa shape index (κ1) is 25.3. The van der Waals surface area contributed by atoms with E-state index in [2.05, 4.69) is 10.7 Å². The van der Waals surface area contributed by atoms with Crippen molar-refractivity contribution in [3.8, 4) is 0 Å². The fraction of sp³-hybridized carbons (Fsp3) is 0.519. The molecule has 10 nitrogen and oxygen atoms in total. The van der Waals surface area contributed by atoms with E-state index in [4.69, 9.17) is 4.74 Å². The van der Waals surface area contributed by atoms with Gasteiger partial charge in [-0.2, -0.15) is 0 Å². The highest BCUT2D eigenvalue weighted by Crippen LogP contribution is 2.33. The van der Waals surface area contributed by atoms with Crippen molar-refractivity contribution in [1.29, 1.82) is 0 Å². The molecule has 3 N–H and O–H groups in total. The van der Waals surface area contributed by atoms with E-state index in [1.807, 2.05) is 49.1 Å². The summed E-state index contributed by atoms with van der Waals surface area (Å²) in [4.78, 5) is 42.9. The average Bonchev–Trinajstić information content (AvgIpc) is 3.60. The van der Waals surface area contributed by atoms with Crippen molar-refractivity contribution in [3.63, 3.8) is 0 Å². The summed E-state index contributed by atoms with van der Waals surface area (Å²) < 4.78 is 5.65. The van der Waals surface area contributed by atoms with Gasteiger partial charge in [-0.1, -0.05) is 50.3 Å². The number of carbonyl (C=O) groups is 3. The lowest BCUT2D eigenvalue weighted by molar-refractivity contribution is -0.142. The van der Waals surface area contributed by atoms with Gasteiger partial charge in [0.15, 0.2) is 5.57 Å². The Kier molecular flexibility index (Phi) is 7.21. The Morgan fingerprint density at radius 2 is 2.00 bits per heavy atom. The van der Waals surface area contributed by atoms with E-state index in [9.17, 15) is 19.5 Å². The first-order valence-electron chi connectivity index (χ1n) is 13.0. The smallest absolute Gasteiger partial charge is 0.280 e. The van der Waals surface area contributed by atoms with Crippen LogP contribution < -0.4 is 10.7 Å². The standard InChI is InChI=1S/C27H35N5O5/c1-17(2)15-31-25-19(14-28-32(25)27(36)23(26(31)35)24(34)29-20-9-10-20)8-11-22(33)30-12-13-37-16-21(30)18-6-4-3-5-7-18/h3-8,11,17,19-21,25,28,35H,9-10,12-16H2,1-2H3,(H,29,34)/b11-8+/t19?,21-,25?/m1/s1. The fourth-order valence-electron chi connectivity index (χ4n) is 5.20. The molecule has 10 heteroatoms. The summed E-state index contributed by atoms with van der Waals surface area (Å²) >= 11 is 0. The maximum Gasteiger partial charge on any atom is 0.280 e. The number of hydrogen-bond donors (Lipinski definition) is 3. The Bertz CT molecular complexity index is 1100. The Hall–Kier alpha value is -3.37. The Labute approximate surface area is 216 Å². The largest absolute Gasteiger partial charge is 0.494 e. The van der Waals surface area contributed by atoms with Crippen LogP contribution in [0.15, 0.2) is 53.9 Å². The van der Waals surface area contributed by atoms with Gasteiger partial charge < -0.3 is 25.0 Å². The van der Waals surface area contributed by atoms with Crippen molar-refractivity contribution < 1.29 is 24.2 Å². The van der Waals surface area contributed by atoms with Crippen molar-refractivity contribution in [2.75, 3.05) is 32.8 Å². The number of amides is 3. The zero-order chi connectivity index (χ0) is 26.1. The Morgan fingerprint density at radius 3 is 2.70 bits per heavy atom. The Morgan fingerprint density at radius 1 is 1.24 bits per heavy atom. The monoisotopic (exact) mass is 509 g/mol. The van der Waals surface area contributed by atoms with Gasteiger partial charge in [0.25, 0.3) is 11.8 Å². The number of nitrogens with one attached hydrogen (secondary N) is 2. The summed E-state index contributed by atoms with van der Waals surface area (Å²) in [6.45, 7) is 6.26. The molecule has 2 saturated heterocycles. The fourth-order valence-corrected chi connectivity index (χ4v) is 5.20. The summed E-state index contributed by atoms with van der Waals surface area (Å²) in [6, 6.07) is 9.71. The molecular formula is C27H35N5O5. The van der Waals surface area contributed by atoms with Crippen LogP contribution in [-0.2, 0) is 19.1 Å². The molecule has 1 aromatic rings. The summed E-state index contributed by atoms with van der Waals surface area (Å²) in [6.07, 6.45) is 4.57. The normalized spacial score (nSPS) is 26.3. The second kappa shape index (κ2) is 10.5. The molecule has 5 rings (SSSR count). The SMILES string of the molecule is CC(C)CN1C(O)=C(C(=O)NC2CC2)C(=O)N2NCC(/C=C/C(=O)N3CCOC[C@@H]3c3ccccc3)C12. The molecule has 198 valence electrons. The van der Waals surface area contributed by atoms with Crippen LogP contribution >= 0.6 is 0 Å². The molecule has 3 aliphatic heterocycles. The van der Waals surface area contributed by atoms with Crippen LogP contribution in [0.5, 0.6) is 0 Å². The third-order valence-electron chi connectivity index (χ3n) is 7.18. The lowest BCUT2D eigenvalue weighted by Crippen LogP contribution is -2.59. The Balaban J connectivity index is 1.36. The number of hydrazine groups is 1. The lowest BCUT2D eigenvalue weighted by Gasteiger charge is -2.42. The summed E-state index contributed by atoms with van der Waals surface area (Å²) in [5.41, 5.74) is 3.87. The maximum atomic E-state index is 13.3. The van der Waals surface area contributed by atoms with E-state index in [0.717, 1.165) is 18.4 Å². The number of ether oxygens (including phenoxy) is 1. The van der Waals surface area contributed by atoms with Crippen LogP contribution in [0, 0.1) is 11.8 Å². The molecule has 2 unspecified atom stereocenters. The van der Waals surface area contributed by atoms with E-state index in [-0.39, 0.29) is 41.3 Å². The number of aliphatic hydroxyl groups excluding tert-OH is 1. The summed E-state index contributed by atoms with van der Waals surface area (Å²) in [5, 5.41) is 15.3. The van der Waals surface area contributed by atoms with Crippen molar-refractivity contribution in [1.82, 2.24) is 25.6 Å². The number of carbonyl (C=O) groups excluding carboxylic acids is 3. The van der Waals surface area contributed by atoms with Crippen LogP contribution in [0.3, 0.4) is 0 Å². The van der Waals surface area contributed by atoms with Gasteiger partial charge in [-0.05, 0) is 30.4 Å². The van der Waals surface area contributed by atoms with Gasteiger partial charge in [0, 0.05) is 31.6 Å². The second-order valence-corrected chi connectivity index (χ2v) is 10.5. The molecular weight excluding hydrogens is 474 g/mol. The summed E-state index contributed by atoms with van der Waals surface area (Å²) in [7, 11) is 0. The third kappa shape index (κ3) is 5.21. The molecule has 3 amide bonds. The first-order chi connectivity index (χ1) is 17.8. The topological polar surface area (TPSA) is 114 Å². The molecule has 3 fully saturated rings. The molecule has 0 spiro atoms. The second-order valence-electron chi connectivity index (χ2n) is 10.5. The van der Waals surface area contributed by atoms with Crippen molar-refractivity contribution in [2.24, 2.45) is 11.8 Å². The number of hydrogen-bond acceptors (Lipinski definition) is 7. The van der Waals surface area contributed by atoms with E-state index < -0.39 is 18.0 Å². The number of benzene rings is 1. The number of nitrogens with zero attached hydrogens (tertiary/aromatic N) is 3. The highest BCUT2D eigenvalue weighted by atomic mass is 16.5. The number of fused-ring (bicyclic) bond motifs is 1. The van der Waals surface area contributed by atoms with Gasteiger partial charge in [-0.15, -0.1) is 0 Å². The zero-order valence-electron chi connectivity index (χ0n) is 21.3. The number of rotatable bonds is 7. The van der Waals surface area contributed by atoms with Gasteiger partial charge in [0.2, 0.25) is 11.8 Å². The van der Waals surface area contributed by atoms with Crippen molar-refractivity contribution in [2.45, 2.75) is 44.9 Å². The maximum absolute atomic E-state index is 13.3. The molecule has 3 atom stereocenters. The molecule has 1 aromatic carbocycles. The molecule has 0 radical (unpaired) electrons. The molecule has 1 aliphatic carbocycles. The number of morpholine rings is 1. The highest BCUT2D eigenvalue weighted by Gasteiger charge is 2.49. The minimum atomic E-state index is -0.555. The molecule has 0 aromatic heterocycles. The number of aliphatic hydroxyl groups is 1. The van der Waals surface area contributed by atoms with Crippen molar-refractivity contribution in [3.05, 3.63) is 59.5 Å². The minimum Gasteiger partial charge on any atom is -0.494 e. The summed E-state index contributed by atoms with van der Waals surface area (Å²) in [5.74, 6) is -1.64. The predicted octanol–water partition coefficient (Wildman–Crippen LogP) is 1.45. The van der Waals surface area contributed by atoms with Crippen LogP contribution in [0.2, 0.25) is 0 Å². The molecule has 3 heterocycles. The lowest BCUT2D eigenvalue weighted by atomic mass is 10.00. The van der Waals surface area contributed by atoms with E-state index in [1.165, 1.54) is 5.01 Å². The quantitative estimate of drug-likeness (QED) is 0.377. The van der Waals surface area contributed by atoms with Crippen LogP contribution in [-0.4, -0.2) is 82.7 Å². The molecule has 4 aliphatic rings. The van der Waals surface area contributed by atoms with E-state index in [1.54, 1.807) is 17.1 Å². The van der Waals surface area contributed by atoms with Crippen LogP contribution in [0.1, 0.15) is 38.3 Å². The van der Waals surface area contributed by atoms with E-state index in [0.29, 0.717) is 32.8 Å². The zero-order valence-corrected chi connectivity index (χ0v) is 21.3. The van der Waals surface area contributed by atoms with Crippen LogP contribution in [0.4, 0.5) is 0 Å². The molecule has 37 heavy (non-hydrogen) atoms. The van der Waals surface area contributed by atoms with Gasteiger partial charge >= 0.3 is 0 Å². The van der Waals surface area contributed by atoms with Gasteiger partial charge in [0.05, 0.1) is 19.3 Å². The van der Waals surface area contributed by atoms with Crippen molar-refractivity contribution >= 4 is 17.7 Å². The molecule has 1 saturated carbocycles. The first-order valence-corrected chi connectivity index (χ1v) is 13.0. The predicted molar refractivity (Wildman–Crippen MR) is 135 cm³/mol. The highest BCUT2D eigenvalue weighted by molar-refractivity contribution is 6.19. The third-order valence-corrected chi connectivity index (χ3v) is 7.18. The minimum absolute atomic E-state index is 0.0602. The van der Waals surface area contributed by atoms with Gasteiger partial charge in [-0.25, -0.2) is 10.4 Å². The van der Waals surface area contributed by atoms with Gasteiger partial charge in [0.1, 0.15) is 6.17 Å². The average molecular weight is 510 g/mol.